The molecule has 1 heterocycles. The summed E-state index contributed by atoms with van der Waals surface area (Å²) in [7, 11) is 4.32. The predicted octanol–water partition coefficient (Wildman–Crippen LogP) is -0.253. The van der Waals surface area contributed by atoms with Crippen LogP contribution in [0.5, 0.6) is 0 Å². The number of aromatic nitrogens is 2. The Labute approximate surface area is 86.5 Å². The summed E-state index contributed by atoms with van der Waals surface area (Å²) in [6.45, 7) is 1.20. The van der Waals surface area contributed by atoms with Crippen molar-refractivity contribution in [2.75, 3.05) is 32.1 Å². The molecule has 13 heavy (non-hydrogen) atoms. The minimum absolute atomic E-state index is 0.556. The second-order valence-corrected chi connectivity index (χ2v) is 5.42. The molecule has 0 aliphatic carbocycles. The Morgan fingerprint density at radius 2 is 2.23 bits per heavy atom. The summed E-state index contributed by atoms with van der Waals surface area (Å²) in [5.74, 6) is 1.10. The van der Waals surface area contributed by atoms with Gasteiger partial charge >= 0.3 is 0 Å². The second kappa shape index (κ2) is 5.41. The molecule has 1 aromatic heterocycles. The Balaban J connectivity index is 2.13. The highest BCUT2D eigenvalue weighted by atomic mass is 32.2. The van der Waals surface area contributed by atoms with Gasteiger partial charge in [0.25, 0.3) is 0 Å². The Kier molecular flexibility index (Phi) is 4.47. The van der Waals surface area contributed by atoms with Crippen LogP contribution in [0.4, 0.5) is 5.13 Å². The lowest BCUT2D eigenvalue weighted by Crippen LogP contribution is -3.05. The van der Waals surface area contributed by atoms with E-state index >= 15 is 0 Å². The first-order chi connectivity index (χ1) is 6.18. The van der Waals surface area contributed by atoms with Crippen LogP contribution in [0.3, 0.4) is 0 Å². The van der Waals surface area contributed by atoms with Gasteiger partial charge in [-0.25, -0.2) is 0 Å². The zero-order chi connectivity index (χ0) is 9.68. The summed E-state index contributed by atoms with van der Waals surface area (Å²) >= 11 is 3.19. The van der Waals surface area contributed by atoms with Gasteiger partial charge in [0.15, 0.2) is 4.34 Å². The van der Waals surface area contributed by atoms with Gasteiger partial charge in [-0.1, -0.05) is 23.1 Å². The molecule has 0 spiro atoms. The quantitative estimate of drug-likeness (QED) is 0.529. The average molecular weight is 219 g/mol. The molecule has 0 amide bonds. The number of hydrogen-bond donors (Lipinski definition) is 2. The van der Waals surface area contributed by atoms with E-state index in [2.05, 4.69) is 24.3 Å². The van der Waals surface area contributed by atoms with Gasteiger partial charge in [-0.05, 0) is 0 Å². The molecular formula is C7H15N4S2+. The summed E-state index contributed by atoms with van der Waals surface area (Å²) in [5, 5.41) is 8.24. The molecule has 0 saturated heterocycles. The second-order valence-electron chi connectivity index (χ2n) is 3.07. The zero-order valence-corrected chi connectivity index (χ0v) is 9.54. The van der Waals surface area contributed by atoms with Crippen LogP contribution in [0.1, 0.15) is 6.42 Å². The van der Waals surface area contributed by atoms with Crippen molar-refractivity contribution < 1.29 is 4.90 Å². The van der Waals surface area contributed by atoms with Crippen LogP contribution in [0.15, 0.2) is 4.34 Å². The van der Waals surface area contributed by atoms with Gasteiger partial charge in [0.1, 0.15) is 0 Å². The summed E-state index contributed by atoms with van der Waals surface area (Å²) in [5.41, 5.74) is 5.46. The van der Waals surface area contributed by atoms with Gasteiger partial charge < -0.3 is 10.6 Å². The van der Waals surface area contributed by atoms with Crippen LogP contribution < -0.4 is 10.6 Å². The number of hydrogen-bond acceptors (Lipinski definition) is 5. The van der Waals surface area contributed by atoms with E-state index in [9.17, 15) is 0 Å². The van der Waals surface area contributed by atoms with Crippen molar-refractivity contribution in [2.24, 2.45) is 0 Å². The third-order valence-electron chi connectivity index (χ3n) is 1.47. The van der Waals surface area contributed by atoms with Crippen molar-refractivity contribution >= 4 is 28.2 Å². The molecule has 0 bridgehead atoms. The number of anilines is 1. The van der Waals surface area contributed by atoms with Crippen molar-refractivity contribution in [2.45, 2.75) is 10.8 Å². The molecule has 0 aromatic carbocycles. The molecule has 0 atom stereocenters. The fourth-order valence-electron chi connectivity index (χ4n) is 0.864. The van der Waals surface area contributed by atoms with E-state index in [1.54, 1.807) is 11.8 Å². The van der Waals surface area contributed by atoms with Gasteiger partial charge in [-0.15, -0.1) is 10.2 Å². The van der Waals surface area contributed by atoms with Gasteiger partial charge in [-0.2, -0.15) is 0 Å². The van der Waals surface area contributed by atoms with E-state index in [1.165, 1.54) is 29.2 Å². The smallest absolute Gasteiger partial charge is 0.203 e. The summed E-state index contributed by atoms with van der Waals surface area (Å²) in [6.07, 6.45) is 1.20. The minimum Gasteiger partial charge on any atom is -0.374 e. The van der Waals surface area contributed by atoms with Crippen molar-refractivity contribution in [1.29, 1.82) is 0 Å². The van der Waals surface area contributed by atoms with E-state index in [4.69, 9.17) is 5.73 Å². The molecule has 1 rings (SSSR count). The number of quaternary nitrogens is 1. The maximum atomic E-state index is 5.46. The van der Waals surface area contributed by atoms with Crippen molar-refractivity contribution in [3.8, 4) is 0 Å². The Bertz CT molecular complexity index is 248. The van der Waals surface area contributed by atoms with Crippen LogP contribution in [0.25, 0.3) is 0 Å². The van der Waals surface area contributed by atoms with Gasteiger partial charge in [0.05, 0.1) is 20.6 Å². The lowest BCUT2D eigenvalue weighted by molar-refractivity contribution is -0.858. The summed E-state index contributed by atoms with van der Waals surface area (Å²) < 4.78 is 0.978. The molecule has 74 valence electrons. The van der Waals surface area contributed by atoms with Crippen LogP contribution in [-0.4, -0.2) is 36.6 Å². The Morgan fingerprint density at radius 1 is 1.46 bits per heavy atom. The number of nitrogens with one attached hydrogen (secondary N) is 1. The third-order valence-corrected chi connectivity index (χ3v) is 3.44. The first-order valence-corrected chi connectivity index (χ1v) is 5.99. The molecule has 3 N–H and O–H groups in total. The first-order valence-electron chi connectivity index (χ1n) is 4.19. The van der Waals surface area contributed by atoms with Gasteiger partial charge in [-0.3, -0.25) is 0 Å². The third kappa shape index (κ3) is 4.44. The molecule has 6 heteroatoms. The normalized spacial score (nSPS) is 11.0. The Morgan fingerprint density at radius 3 is 2.77 bits per heavy atom. The molecule has 4 nitrogen and oxygen atoms in total. The molecule has 0 unspecified atom stereocenters. The number of nitrogens with zero attached hydrogens (tertiary/aromatic N) is 2. The summed E-state index contributed by atoms with van der Waals surface area (Å²) in [4.78, 5) is 1.48. The summed E-state index contributed by atoms with van der Waals surface area (Å²) in [6, 6.07) is 0. The monoisotopic (exact) mass is 219 g/mol. The van der Waals surface area contributed by atoms with E-state index < -0.39 is 0 Å². The maximum Gasteiger partial charge on any atom is 0.203 e. The molecular weight excluding hydrogens is 204 g/mol. The lowest BCUT2D eigenvalue weighted by Gasteiger charge is -2.04. The average Bonchev–Trinajstić information content (AvgIpc) is 2.45. The van der Waals surface area contributed by atoms with E-state index in [-0.39, 0.29) is 0 Å². The van der Waals surface area contributed by atoms with Crippen LogP contribution in [0, 0.1) is 0 Å². The molecule has 0 aliphatic rings. The van der Waals surface area contributed by atoms with Gasteiger partial charge in [0, 0.05) is 12.2 Å². The molecule has 0 aliphatic heterocycles. The largest absolute Gasteiger partial charge is 0.374 e. The molecule has 0 saturated carbocycles. The van der Waals surface area contributed by atoms with Crippen LogP contribution in [-0.2, 0) is 0 Å². The predicted molar refractivity (Wildman–Crippen MR) is 57.3 cm³/mol. The lowest BCUT2D eigenvalue weighted by atomic mass is 10.5. The van der Waals surface area contributed by atoms with Gasteiger partial charge in [0.2, 0.25) is 5.13 Å². The highest BCUT2D eigenvalue weighted by molar-refractivity contribution is 8.01. The fourth-order valence-corrected chi connectivity index (χ4v) is 2.51. The fraction of sp³-hybridized carbons (Fsp3) is 0.714. The van der Waals surface area contributed by atoms with Crippen LogP contribution >= 0.6 is 23.1 Å². The van der Waals surface area contributed by atoms with Crippen LogP contribution in [0.2, 0.25) is 0 Å². The standard InChI is InChI=1S/C7H14N4S2/c1-11(2)4-3-5-12-7-10-9-6(8)13-7/h3-5H2,1-2H3,(H2,8,9)/p+1. The SMILES string of the molecule is C[NH+](C)CCCSc1nnc(N)s1. The molecule has 0 radical (unpaired) electrons. The van der Waals surface area contributed by atoms with E-state index in [0.717, 1.165) is 10.1 Å². The highest BCUT2D eigenvalue weighted by Gasteiger charge is 2.01. The Hall–Kier alpha value is -0.330. The van der Waals surface area contributed by atoms with E-state index in [0.29, 0.717) is 5.13 Å². The van der Waals surface area contributed by atoms with Crippen molar-refractivity contribution in [1.82, 2.24) is 10.2 Å². The minimum atomic E-state index is 0.556. The highest BCUT2D eigenvalue weighted by Crippen LogP contribution is 2.23. The number of rotatable bonds is 5. The number of nitrogen functional groups attached to an aromatic ring is 1. The van der Waals surface area contributed by atoms with Crippen molar-refractivity contribution in [3.63, 3.8) is 0 Å². The first kappa shape index (κ1) is 10.7. The maximum absolute atomic E-state index is 5.46. The van der Waals surface area contributed by atoms with Crippen molar-refractivity contribution in [3.05, 3.63) is 0 Å². The zero-order valence-electron chi connectivity index (χ0n) is 7.91. The molecule has 0 fully saturated rings. The number of nitrogens with two attached hydrogens (primary N) is 1. The number of thioether (sulfide) groups is 1. The van der Waals surface area contributed by atoms with E-state index in [1.807, 2.05) is 0 Å². The molecule has 1 aromatic rings. The topological polar surface area (TPSA) is 56.2 Å².